The first-order valence-electron chi connectivity index (χ1n) is 30.7. The highest BCUT2D eigenvalue weighted by atomic mass is 14.7. The zero-order valence-electron chi connectivity index (χ0n) is 47.0. The first-order valence-corrected chi connectivity index (χ1v) is 30.7. The molecule has 0 atom stereocenters. The predicted octanol–water partition coefficient (Wildman–Crippen LogP) is 20.8. The van der Waals surface area contributed by atoms with Crippen molar-refractivity contribution in [3.8, 4) is 0 Å². The van der Waals surface area contributed by atoms with Gasteiger partial charge in [-0.3, -0.25) is 39.9 Å². The van der Waals surface area contributed by atoms with E-state index in [0.717, 1.165) is 87.1 Å². The number of fused-ring (bicyclic) bond motifs is 12. The van der Waals surface area contributed by atoms with Gasteiger partial charge in [0.05, 0.1) is 11.0 Å². The van der Waals surface area contributed by atoms with E-state index in [4.69, 9.17) is 39.9 Å². The van der Waals surface area contributed by atoms with Gasteiger partial charge in [0.15, 0.2) is 0 Å². The van der Waals surface area contributed by atoms with Crippen LogP contribution < -0.4 is 0 Å². The van der Waals surface area contributed by atoms with Crippen LogP contribution in [0.4, 0.5) is 0 Å². The lowest BCUT2D eigenvalue weighted by Crippen LogP contribution is -2.05. The number of rotatable bonds is 0. The van der Waals surface area contributed by atoms with Gasteiger partial charge in [-0.05, 0) is 126 Å². The molecule has 8 aromatic heterocycles. The Bertz CT molecular complexity index is 7770. The van der Waals surface area contributed by atoms with Gasteiger partial charge in [-0.15, -0.1) is 0 Å². The van der Waals surface area contributed by atoms with E-state index in [1.165, 1.54) is 227 Å². The summed E-state index contributed by atoms with van der Waals surface area (Å²) < 4.78 is 0. The normalized spacial score (nSPS) is 14.4. The highest BCUT2D eigenvalue weighted by Crippen LogP contribution is 2.67. The van der Waals surface area contributed by atoms with E-state index in [0.29, 0.717) is 0 Å². The van der Waals surface area contributed by atoms with Gasteiger partial charge in [0.25, 0.3) is 0 Å². The van der Waals surface area contributed by atoms with Crippen molar-refractivity contribution in [2.24, 2.45) is 0 Å². The molecule has 390 valence electrons. The lowest BCUT2D eigenvalue weighted by Gasteiger charge is -2.32. The predicted molar refractivity (Wildman–Crippen MR) is 368 cm³/mol. The van der Waals surface area contributed by atoms with Gasteiger partial charge < -0.3 is 0 Å². The molecule has 0 saturated heterocycles. The van der Waals surface area contributed by atoms with Crippen molar-refractivity contribution in [3.05, 3.63) is 133 Å². The smallest absolute Gasteiger partial charge is 0.0794 e. The van der Waals surface area contributed by atoms with Crippen molar-refractivity contribution in [3.63, 3.8) is 0 Å². The SMILES string of the molecule is Cc1ncc2c3cncc4c5cncc6c7cnc8c9cc%10c%11ccc(C)c%12c%13c(C)ncc%14c%15cncc%16c%17cncc%18c%19cnc%20c%21cc%22c%23ccc(C)c%24c1c2c1c(c43)c(c56)c2c7c8c(c%21c9c3c%10c4c(c%11%12)c(c%14%13)c(c%16%15)c(c%17%18)c4c%19c%203)c%22c2c1c%23%24. The van der Waals surface area contributed by atoms with Gasteiger partial charge in [0, 0.05) is 290 Å². The van der Waals surface area contributed by atoms with Crippen molar-refractivity contribution in [1.29, 1.82) is 0 Å². The van der Waals surface area contributed by atoms with E-state index in [9.17, 15) is 0 Å². The number of benzene rings is 20. The van der Waals surface area contributed by atoms with Gasteiger partial charge in [0.1, 0.15) is 0 Å². The van der Waals surface area contributed by atoms with E-state index in [1.807, 2.05) is 0 Å². The van der Waals surface area contributed by atoms with Crippen LogP contribution in [0.3, 0.4) is 0 Å². The summed E-state index contributed by atoms with van der Waals surface area (Å²) in [5, 5.41) is 65.4. The molecule has 8 nitrogen and oxygen atoms in total. The number of nitrogens with zero attached hydrogens (tertiary/aromatic N) is 8. The Labute approximate surface area is 489 Å². The molecule has 0 aliphatic heterocycles. The van der Waals surface area contributed by atoms with E-state index in [2.05, 4.69) is 138 Å². The van der Waals surface area contributed by atoms with E-state index in [1.54, 1.807) is 0 Å². The Morgan fingerprint density at radius 2 is 0.409 bits per heavy atom. The molecule has 0 radical (unpaired) electrons. The van der Waals surface area contributed by atoms with Crippen LogP contribution in [0.5, 0.6) is 0 Å². The maximum absolute atomic E-state index is 5.95. The summed E-state index contributed by atoms with van der Waals surface area (Å²) in [6, 6.07) is 14.9. The molecule has 0 saturated carbocycles. The van der Waals surface area contributed by atoms with E-state index in [-0.39, 0.29) is 0 Å². The van der Waals surface area contributed by atoms with Gasteiger partial charge in [0.2, 0.25) is 0 Å². The van der Waals surface area contributed by atoms with Crippen molar-refractivity contribution < 1.29 is 0 Å². The van der Waals surface area contributed by atoms with Crippen molar-refractivity contribution >= 4 is 291 Å². The molecule has 88 heavy (non-hydrogen) atoms. The first-order chi connectivity index (χ1) is 43.4. The zero-order chi connectivity index (χ0) is 55.9. The molecule has 8 heteroatoms. The minimum absolute atomic E-state index is 1.05. The van der Waals surface area contributed by atoms with E-state index >= 15 is 0 Å². The lowest BCUT2D eigenvalue weighted by molar-refractivity contribution is 1.25. The van der Waals surface area contributed by atoms with Gasteiger partial charge in [-0.1, -0.05) is 24.3 Å². The highest BCUT2D eigenvalue weighted by Gasteiger charge is 2.39. The Hall–Kier alpha value is -11.5. The third kappa shape index (κ3) is 3.43. The Morgan fingerprint density at radius 1 is 0.170 bits per heavy atom. The number of pyridine rings is 8. The second kappa shape index (κ2) is 11.8. The fourth-order valence-corrected chi connectivity index (χ4v) is 21.4. The molecular weight excluding hydrogens is 1070 g/mol. The van der Waals surface area contributed by atoms with Gasteiger partial charge in [-0.25, -0.2) is 0 Å². The van der Waals surface area contributed by atoms with Gasteiger partial charge >= 0.3 is 0 Å². The molecule has 0 aliphatic rings. The summed E-state index contributed by atoms with van der Waals surface area (Å²) >= 11 is 0. The van der Waals surface area contributed by atoms with Crippen LogP contribution in [0.2, 0.25) is 0 Å². The van der Waals surface area contributed by atoms with Crippen LogP contribution in [-0.2, 0) is 0 Å². The number of hydrogen-bond acceptors (Lipinski definition) is 8. The number of aromatic nitrogens is 8. The fraction of sp³-hybridized carbons (Fsp3) is 0.0500. The fourth-order valence-electron chi connectivity index (χ4n) is 21.4. The summed E-state index contributed by atoms with van der Waals surface area (Å²) in [4.78, 5) is 43.0. The summed E-state index contributed by atoms with van der Waals surface area (Å²) in [5.41, 5.74) is 6.72. The Kier molecular flexibility index (Phi) is 5.46. The quantitative estimate of drug-likeness (QED) is 0.109. The van der Waals surface area contributed by atoms with Crippen molar-refractivity contribution in [2.75, 3.05) is 0 Å². The molecular formula is C80H30N8. The number of hydrogen-bond donors (Lipinski definition) is 0. The average Bonchev–Trinajstić information content (AvgIpc) is 0.637. The first kappa shape index (κ1) is 40.7. The molecule has 8 heterocycles. The molecule has 28 aromatic rings. The average molecular weight is 1100 g/mol. The molecule has 0 amide bonds. The topological polar surface area (TPSA) is 103 Å². The minimum Gasteiger partial charge on any atom is -0.263 e. The second-order valence-electron chi connectivity index (χ2n) is 27.0. The second-order valence-corrected chi connectivity index (χ2v) is 27.0. The monoisotopic (exact) mass is 1100 g/mol. The standard InChI is InChI=1S/C80H30N8/c1-23-5-7-27-29-9-31-57-58-32(80-77-61-43(21-88-80)39-17-83-13-35-33-11-81-15-37-41-19-85-25(3)47-45(23)53(27)69-71(55(29)67(57)77)75(61)65(51(35)39)63(49(33)37)73(69)59(41)47)10-30-28-8-6-24(2)46-48-26(4)86-20-42-38-16-82-12-34-36-14-84-18-40-44-22-87-79(31)78-62(44)76-66(52(36)40)64(50(34)38)74(60(42)48)70(54(28)46)72(76)56(30)68(58)78/h5-22H,1-4H3. The molecule has 0 N–H and O–H groups in total. The van der Waals surface area contributed by atoms with E-state index < -0.39 is 0 Å². The minimum atomic E-state index is 1.05. The lowest BCUT2D eigenvalue weighted by atomic mass is 9.70. The highest BCUT2D eigenvalue weighted by molar-refractivity contribution is 6.68. The van der Waals surface area contributed by atoms with Crippen LogP contribution in [0.1, 0.15) is 22.5 Å². The van der Waals surface area contributed by atoms with Crippen LogP contribution in [0, 0.1) is 27.7 Å². The molecule has 0 fully saturated rings. The number of aryl methyl sites for hydroxylation is 4. The van der Waals surface area contributed by atoms with Crippen molar-refractivity contribution in [1.82, 2.24) is 39.9 Å². The molecule has 0 aliphatic carbocycles. The summed E-state index contributed by atoms with van der Waals surface area (Å²) in [7, 11) is 0. The molecule has 20 aromatic carbocycles. The molecule has 0 spiro atoms. The Morgan fingerprint density at radius 3 is 0.739 bits per heavy atom. The van der Waals surface area contributed by atoms with Crippen molar-refractivity contribution in [2.45, 2.75) is 27.7 Å². The molecule has 0 bridgehead atoms. The zero-order valence-corrected chi connectivity index (χ0v) is 47.0. The van der Waals surface area contributed by atoms with Crippen LogP contribution in [0.15, 0.2) is 111 Å². The molecule has 28 rings (SSSR count). The maximum Gasteiger partial charge on any atom is 0.0794 e. The maximum atomic E-state index is 5.95. The van der Waals surface area contributed by atoms with Crippen LogP contribution >= 0.6 is 0 Å². The third-order valence-electron chi connectivity index (χ3n) is 24.0. The Balaban J connectivity index is 1.02. The largest absolute Gasteiger partial charge is 0.263 e. The van der Waals surface area contributed by atoms with Gasteiger partial charge in [-0.2, -0.15) is 0 Å². The van der Waals surface area contributed by atoms with Crippen LogP contribution in [0.25, 0.3) is 291 Å². The summed E-state index contributed by atoms with van der Waals surface area (Å²) in [6.07, 6.45) is 25.6. The summed E-state index contributed by atoms with van der Waals surface area (Å²) in [6.45, 7) is 9.08. The van der Waals surface area contributed by atoms with Crippen LogP contribution in [-0.4, -0.2) is 39.9 Å². The molecule has 0 unspecified atom stereocenters. The third-order valence-corrected chi connectivity index (χ3v) is 24.0. The summed E-state index contributed by atoms with van der Waals surface area (Å²) in [5.74, 6) is 0.